The summed E-state index contributed by atoms with van der Waals surface area (Å²) in [5.74, 6) is 0. The lowest BCUT2D eigenvalue weighted by atomic mass is 9.96. The van der Waals surface area contributed by atoms with Gasteiger partial charge in [-0.05, 0) is 86.8 Å². The van der Waals surface area contributed by atoms with Crippen LogP contribution in [0.15, 0.2) is 180 Å². The minimum atomic E-state index is 0.867. The molecule has 0 fully saturated rings. The third-order valence-electron chi connectivity index (χ3n) is 9.01. The largest absolute Gasteiger partial charge is 0.456 e. The molecule has 0 radical (unpaired) electrons. The average Bonchev–Trinajstić information content (AvgIpc) is 3.49. The minimum absolute atomic E-state index is 0.867. The van der Waals surface area contributed by atoms with Crippen molar-refractivity contribution in [3.05, 3.63) is 176 Å². The van der Waals surface area contributed by atoms with E-state index >= 15 is 0 Å². The van der Waals surface area contributed by atoms with Crippen LogP contribution in [0.2, 0.25) is 0 Å². The number of rotatable bonds is 5. The van der Waals surface area contributed by atoms with Gasteiger partial charge in [-0.1, -0.05) is 127 Å². The highest BCUT2D eigenvalue weighted by molar-refractivity contribution is 6.19. The van der Waals surface area contributed by atoms with Crippen molar-refractivity contribution in [3.8, 4) is 22.3 Å². The number of hydrogen-bond donors (Lipinski definition) is 0. The Morgan fingerprint density at radius 1 is 0.370 bits per heavy atom. The summed E-state index contributed by atoms with van der Waals surface area (Å²) < 4.78 is 6.63. The molecule has 0 aliphatic rings. The van der Waals surface area contributed by atoms with E-state index in [9.17, 15) is 0 Å². The van der Waals surface area contributed by atoms with E-state index in [4.69, 9.17) is 4.42 Å². The second-order valence-electron chi connectivity index (χ2n) is 11.8. The molecule has 216 valence electrons. The fourth-order valence-corrected chi connectivity index (χ4v) is 6.78. The van der Waals surface area contributed by atoms with E-state index in [1.54, 1.807) is 0 Å². The van der Waals surface area contributed by atoms with Crippen molar-refractivity contribution in [2.24, 2.45) is 0 Å². The number of benzene rings is 8. The molecule has 8 aromatic carbocycles. The van der Waals surface area contributed by atoms with Crippen LogP contribution in [0.4, 0.5) is 17.1 Å². The molecule has 0 unspecified atom stereocenters. The Hall–Kier alpha value is -6.12. The quantitative estimate of drug-likeness (QED) is 0.199. The van der Waals surface area contributed by atoms with Crippen LogP contribution in [-0.4, -0.2) is 0 Å². The van der Waals surface area contributed by atoms with Crippen LogP contribution in [0.25, 0.3) is 65.7 Å². The van der Waals surface area contributed by atoms with Crippen molar-refractivity contribution >= 4 is 60.5 Å². The Labute approximate surface area is 267 Å². The van der Waals surface area contributed by atoms with Crippen molar-refractivity contribution in [2.45, 2.75) is 0 Å². The van der Waals surface area contributed by atoms with Crippen molar-refractivity contribution in [3.63, 3.8) is 0 Å². The van der Waals surface area contributed by atoms with Crippen molar-refractivity contribution in [1.82, 2.24) is 0 Å². The van der Waals surface area contributed by atoms with Crippen molar-refractivity contribution in [1.29, 1.82) is 0 Å². The van der Waals surface area contributed by atoms with Crippen LogP contribution in [-0.2, 0) is 0 Å². The predicted octanol–water partition coefficient (Wildman–Crippen LogP) is 12.7. The lowest BCUT2D eigenvalue weighted by Gasteiger charge is -2.29. The molecular weight excluding hydrogens is 558 g/mol. The molecule has 1 aromatic heterocycles. The molecule has 0 N–H and O–H groups in total. The summed E-state index contributed by atoms with van der Waals surface area (Å²) in [4.78, 5) is 2.41. The van der Waals surface area contributed by atoms with Gasteiger partial charge < -0.3 is 9.32 Å². The van der Waals surface area contributed by atoms with Crippen LogP contribution in [0, 0.1) is 0 Å². The first kappa shape index (κ1) is 26.3. The summed E-state index contributed by atoms with van der Waals surface area (Å²) in [7, 11) is 0. The van der Waals surface area contributed by atoms with E-state index in [2.05, 4.69) is 181 Å². The number of fused-ring (bicyclic) bond motifs is 5. The summed E-state index contributed by atoms with van der Waals surface area (Å²) in [5.41, 5.74) is 9.70. The molecule has 0 aliphatic carbocycles. The lowest BCUT2D eigenvalue weighted by Crippen LogP contribution is -2.12. The first-order chi connectivity index (χ1) is 22.8. The van der Waals surface area contributed by atoms with Gasteiger partial charge in [-0.2, -0.15) is 0 Å². The first-order valence-electron chi connectivity index (χ1n) is 15.7. The fraction of sp³-hybridized carbons (Fsp3) is 0. The Morgan fingerprint density at radius 3 is 1.65 bits per heavy atom. The fourth-order valence-electron chi connectivity index (χ4n) is 6.78. The second kappa shape index (κ2) is 10.8. The van der Waals surface area contributed by atoms with Gasteiger partial charge in [0.05, 0.1) is 11.1 Å². The Morgan fingerprint density at radius 2 is 0.935 bits per heavy atom. The van der Waals surface area contributed by atoms with Gasteiger partial charge in [0.25, 0.3) is 0 Å². The Bertz CT molecular complexity index is 2510. The average molecular weight is 588 g/mol. The third kappa shape index (κ3) is 4.43. The third-order valence-corrected chi connectivity index (χ3v) is 9.01. The molecule has 0 saturated heterocycles. The van der Waals surface area contributed by atoms with Crippen LogP contribution in [0.5, 0.6) is 0 Å². The van der Waals surface area contributed by atoms with E-state index in [-0.39, 0.29) is 0 Å². The molecule has 9 rings (SSSR count). The van der Waals surface area contributed by atoms with Gasteiger partial charge in [0.15, 0.2) is 0 Å². The van der Waals surface area contributed by atoms with Gasteiger partial charge >= 0.3 is 0 Å². The lowest BCUT2D eigenvalue weighted by molar-refractivity contribution is 0.669. The predicted molar refractivity (Wildman–Crippen MR) is 194 cm³/mol. The summed E-state index contributed by atoms with van der Waals surface area (Å²) >= 11 is 0. The zero-order valence-corrected chi connectivity index (χ0v) is 25.1. The molecule has 0 bridgehead atoms. The number of anilines is 3. The molecule has 2 nitrogen and oxygen atoms in total. The maximum absolute atomic E-state index is 6.63. The van der Waals surface area contributed by atoms with Crippen LogP contribution in [0.3, 0.4) is 0 Å². The summed E-state index contributed by atoms with van der Waals surface area (Å²) in [5, 5.41) is 6.98. The first-order valence-corrected chi connectivity index (χ1v) is 15.7. The summed E-state index contributed by atoms with van der Waals surface area (Å²) in [6, 6.07) is 62.8. The van der Waals surface area contributed by atoms with E-state index in [0.29, 0.717) is 0 Å². The molecule has 0 amide bonds. The molecular formula is C44H29NO. The second-order valence-corrected chi connectivity index (χ2v) is 11.8. The van der Waals surface area contributed by atoms with E-state index in [0.717, 1.165) is 50.1 Å². The smallest absolute Gasteiger partial charge is 0.137 e. The van der Waals surface area contributed by atoms with Gasteiger partial charge in [0, 0.05) is 22.3 Å². The Balaban J connectivity index is 1.38. The molecule has 0 saturated carbocycles. The molecule has 0 atom stereocenters. The minimum Gasteiger partial charge on any atom is -0.456 e. The van der Waals surface area contributed by atoms with Crippen molar-refractivity contribution < 1.29 is 4.42 Å². The maximum Gasteiger partial charge on any atom is 0.137 e. The van der Waals surface area contributed by atoms with E-state index in [1.807, 2.05) is 0 Å². The normalized spacial score (nSPS) is 11.5. The van der Waals surface area contributed by atoms with Gasteiger partial charge in [-0.25, -0.2) is 0 Å². The number of hydrogen-bond acceptors (Lipinski definition) is 2. The number of furan rings is 1. The Kier molecular flexibility index (Phi) is 6.17. The van der Waals surface area contributed by atoms with Gasteiger partial charge in [0.2, 0.25) is 0 Å². The van der Waals surface area contributed by atoms with E-state index in [1.165, 1.54) is 32.7 Å². The van der Waals surface area contributed by atoms with Gasteiger partial charge in [0.1, 0.15) is 11.2 Å². The number of nitrogens with zero attached hydrogens (tertiary/aromatic N) is 1. The summed E-state index contributed by atoms with van der Waals surface area (Å²) in [6.45, 7) is 0. The topological polar surface area (TPSA) is 16.4 Å². The molecule has 2 heteroatoms. The molecule has 1 heterocycles. The zero-order valence-electron chi connectivity index (χ0n) is 25.1. The molecule has 0 aliphatic heterocycles. The van der Waals surface area contributed by atoms with Crippen molar-refractivity contribution in [2.75, 3.05) is 4.90 Å². The van der Waals surface area contributed by atoms with Gasteiger partial charge in [-0.3, -0.25) is 0 Å². The van der Waals surface area contributed by atoms with E-state index < -0.39 is 0 Å². The highest BCUT2D eigenvalue weighted by Gasteiger charge is 2.24. The zero-order chi connectivity index (χ0) is 30.5. The SMILES string of the molecule is c1ccc(-c2ccc(N(c3ccc4ccccc4c3)c3c(-c4ccccc4)ccc4oc5cc6ccccc6cc5c34)cc2)cc1. The summed E-state index contributed by atoms with van der Waals surface area (Å²) in [6.07, 6.45) is 0. The highest BCUT2D eigenvalue weighted by atomic mass is 16.3. The molecule has 0 spiro atoms. The monoisotopic (exact) mass is 587 g/mol. The molecule has 9 aromatic rings. The van der Waals surface area contributed by atoms with Crippen LogP contribution < -0.4 is 4.90 Å². The van der Waals surface area contributed by atoms with Crippen LogP contribution >= 0.6 is 0 Å². The molecule has 46 heavy (non-hydrogen) atoms. The van der Waals surface area contributed by atoms with Crippen LogP contribution in [0.1, 0.15) is 0 Å². The standard InChI is InChI=1S/C44H29NO/c1-3-11-30(12-4-1)32-19-22-37(23-20-32)45(38-24-21-31-13-7-8-16-34(31)27-38)44-39(33-14-5-2-6-15-33)25-26-41-43(44)40-28-35-17-9-10-18-36(35)29-42(40)46-41/h1-29H. The highest BCUT2D eigenvalue weighted by Crippen LogP contribution is 2.49. The van der Waals surface area contributed by atoms with Gasteiger partial charge in [-0.15, -0.1) is 0 Å². The maximum atomic E-state index is 6.63.